The van der Waals surface area contributed by atoms with Crippen LogP contribution in [0.1, 0.15) is 25.7 Å². The maximum Gasteiger partial charge on any atom is 0.338 e. The van der Waals surface area contributed by atoms with Crippen molar-refractivity contribution in [2.24, 2.45) is 0 Å². The Morgan fingerprint density at radius 3 is 2.72 bits per heavy atom. The Hall–Kier alpha value is -1.91. The quantitative estimate of drug-likeness (QED) is 0.332. The molecule has 5 nitrogen and oxygen atoms in total. The van der Waals surface area contributed by atoms with E-state index in [0.29, 0.717) is 18.4 Å². The van der Waals surface area contributed by atoms with Gasteiger partial charge in [-0.25, -0.2) is 4.79 Å². The molecule has 0 aromatic heterocycles. The monoisotopic (exact) mass is 249 g/mol. The fourth-order valence-electron chi connectivity index (χ4n) is 2.09. The Kier molecular flexibility index (Phi) is 3.92. The number of ether oxygens (including phenoxy) is 1. The molecule has 0 amide bonds. The topological polar surface area (TPSA) is 69.4 Å². The van der Waals surface area contributed by atoms with Gasteiger partial charge in [0, 0.05) is 17.8 Å². The first-order valence-electron chi connectivity index (χ1n) is 6.04. The van der Waals surface area contributed by atoms with Crippen molar-refractivity contribution in [2.45, 2.75) is 37.8 Å². The first-order chi connectivity index (χ1) is 8.68. The van der Waals surface area contributed by atoms with E-state index in [-0.39, 0.29) is 4.92 Å². The molecule has 2 aliphatic rings. The van der Waals surface area contributed by atoms with Gasteiger partial charge < -0.3 is 4.74 Å². The lowest BCUT2D eigenvalue weighted by Gasteiger charge is -2.22. The van der Waals surface area contributed by atoms with Gasteiger partial charge in [0.2, 0.25) is 0 Å². The first-order valence-corrected chi connectivity index (χ1v) is 6.04. The van der Waals surface area contributed by atoms with Gasteiger partial charge in [-0.05, 0) is 12.8 Å². The van der Waals surface area contributed by atoms with Gasteiger partial charge in [-0.2, -0.15) is 0 Å². The summed E-state index contributed by atoms with van der Waals surface area (Å²) in [6.07, 6.45) is 10.8. The summed E-state index contributed by atoms with van der Waals surface area (Å²) >= 11 is 0. The van der Waals surface area contributed by atoms with Gasteiger partial charge >= 0.3 is 5.97 Å². The van der Waals surface area contributed by atoms with E-state index in [1.54, 1.807) is 12.2 Å². The van der Waals surface area contributed by atoms with E-state index >= 15 is 0 Å². The Bertz CT molecular complexity index is 436. The van der Waals surface area contributed by atoms with E-state index in [4.69, 9.17) is 4.74 Å². The smallest absolute Gasteiger partial charge is 0.338 e. The Labute approximate surface area is 105 Å². The SMILES string of the molecule is O=C(OC1CC=CCC1[N+](=O)[O-])C1=CCCC=C1. The molecule has 2 aliphatic carbocycles. The highest BCUT2D eigenvalue weighted by Crippen LogP contribution is 2.20. The molecule has 0 bridgehead atoms. The third-order valence-electron chi connectivity index (χ3n) is 3.10. The van der Waals surface area contributed by atoms with Crippen molar-refractivity contribution >= 4 is 5.97 Å². The van der Waals surface area contributed by atoms with E-state index in [9.17, 15) is 14.9 Å². The molecular weight excluding hydrogens is 234 g/mol. The van der Waals surface area contributed by atoms with Crippen LogP contribution in [0.15, 0.2) is 36.0 Å². The van der Waals surface area contributed by atoms with Crippen LogP contribution in [0.4, 0.5) is 0 Å². The number of allylic oxidation sites excluding steroid dienone is 2. The lowest BCUT2D eigenvalue weighted by molar-refractivity contribution is -0.533. The maximum atomic E-state index is 11.8. The molecule has 0 radical (unpaired) electrons. The minimum absolute atomic E-state index is 0.319. The van der Waals surface area contributed by atoms with Crippen molar-refractivity contribution in [3.8, 4) is 0 Å². The summed E-state index contributed by atoms with van der Waals surface area (Å²) in [5.41, 5.74) is 0.498. The summed E-state index contributed by atoms with van der Waals surface area (Å²) < 4.78 is 5.25. The van der Waals surface area contributed by atoms with E-state index in [1.165, 1.54) is 0 Å². The van der Waals surface area contributed by atoms with E-state index in [2.05, 4.69) is 0 Å². The van der Waals surface area contributed by atoms with Crippen LogP contribution in [-0.2, 0) is 9.53 Å². The van der Waals surface area contributed by atoms with Gasteiger partial charge in [-0.15, -0.1) is 0 Å². The van der Waals surface area contributed by atoms with Crippen molar-refractivity contribution < 1.29 is 14.5 Å². The fourth-order valence-corrected chi connectivity index (χ4v) is 2.09. The van der Waals surface area contributed by atoms with Crippen LogP contribution in [0.25, 0.3) is 0 Å². The number of nitro groups is 1. The number of carbonyl (C=O) groups excluding carboxylic acids is 1. The molecule has 0 aliphatic heterocycles. The molecule has 0 fully saturated rings. The van der Waals surface area contributed by atoms with Crippen molar-refractivity contribution in [1.29, 1.82) is 0 Å². The van der Waals surface area contributed by atoms with Crippen molar-refractivity contribution in [1.82, 2.24) is 0 Å². The molecule has 0 heterocycles. The predicted molar refractivity (Wildman–Crippen MR) is 65.5 cm³/mol. The van der Waals surface area contributed by atoms with Gasteiger partial charge in [0.25, 0.3) is 6.04 Å². The first kappa shape index (κ1) is 12.5. The standard InChI is InChI=1S/C13H15NO4/c15-13(10-6-2-1-3-7-10)18-12-9-5-4-8-11(12)14(16)17/h2,4-7,11-12H,1,3,8-9H2. The molecule has 2 atom stereocenters. The van der Waals surface area contributed by atoms with Crippen molar-refractivity contribution in [2.75, 3.05) is 0 Å². The molecule has 0 saturated carbocycles. The third kappa shape index (κ3) is 2.85. The van der Waals surface area contributed by atoms with Crippen LogP contribution >= 0.6 is 0 Å². The number of carbonyl (C=O) groups is 1. The Morgan fingerprint density at radius 2 is 2.06 bits per heavy atom. The molecule has 0 aromatic carbocycles. The van der Waals surface area contributed by atoms with Gasteiger partial charge in [0.15, 0.2) is 6.10 Å². The highest BCUT2D eigenvalue weighted by atomic mass is 16.6. The molecule has 18 heavy (non-hydrogen) atoms. The van der Waals surface area contributed by atoms with Crippen molar-refractivity contribution in [3.05, 3.63) is 46.1 Å². The van der Waals surface area contributed by atoms with Crippen LogP contribution in [0, 0.1) is 10.1 Å². The van der Waals surface area contributed by atoms with Gasteiger partial charge in [-0.3, -0.25) is 10.1 Å². The lowest BCUT2D eigenvalue weighted by Crippen LogP contribution is -2.38. The van der Waals surface area contributed by atoms with Crippen LogP contribution in [0.5, 0.6) is 0 Å². The van der Waals surface area contributed by atoms with Crippen LogP contribution < -0.4 is 0 Å². The largest absolute Gasteiger partial charge is 0.451 e. The van der Waals surface area contributed by atoms with Crippen molar-refractivity contribution in [3.63, 3.8) is 0 Å². The van der Waals surface area contributed by atoms with Gasteiger partial charge in [0.1, 0.15) is 0 Å². The lowest BCUT2D eigenvalue weighted by atomic mass is 9.99. The van der Waals surface area contributed by atoms with Gasteiger partial charge in [-0.1, -0.05) is 30.4 Å². The molecule has 0 saturated heterocycles. The average Bonchev–Trinajstić information content (AvgIpc) is 2.40. The zero-order valence-electron chi connectivity index (χ0n) is 9.95. The summed E-state index contributed by atoms with van der Waals surface area (Å²) in [4.78, 5) is 22.4. The molecule has 0 spiro atoms. The normalized spacial score (nSPS) is 26.6. The molecule has 0 aromatic rings. The molecule has 0 N–H and O–H groups in total. The summed E-state index contributed by atoms with van der Waals surface area (Å²) in [5, 5.41) is 10.9. The van der Waals surface area contributed by atoms with E-state index in [1.807, 2.05) is 18.2 Å². The van der Waals surface area contributed by atoms with E-state index < -0.39 is 18.1 Å². The predicted octanol–water partition coefficient (Wildman–Crippen LogP) is 2.17. The number of esters is 1. The highest BCUT2D eigenvalue weighted by Gasteiger charge is 2.35. The number of hydrogen-bond donors (Lipinski definition) is 0. The number of nitrogens with zero attached hydrogens (tertiary/aromatic N) is 1. The minimum atomic E-state index is -0.827. The summed E-state index contributed by atoms with van der Waals surface area (Å²) in [5.74, 6) is -0.460. The second-order valence-electron chi connectivity index (χ2n) is 4.38. The zero-order valence-corrected chi connectivity index (χ0v) is 9.95. The maximum absolute atomic E-state index is 11.8. The molecule has 2 unspecified atom stereocenters. The van der Waals surface area contributed by atoms with Gasteiger partial charge in [0.05, 0.1) is 5.57 Å². The number of rotatable bonds is 3. The third-order valence-corrected chi connectivity index (χ3v) is 3.10. The minimum Gasteiger partial charge on any atom is -0.451 e. The molecule has 96 valence electrons. The van der Waals surface area contributed by atoms with E-state index in [0.717, 1.165) is 12.8 Å². The second-order valence-corrected chi connectivity index (χ2v) is 4.38. The fraction of sp³-hybridized carbons (Fsp3) is 0.462. The van der Waals surface area contributed by atoms with Crippen LogP contribution in [0.3, 0.4) is 0 Å². The summed E-state index contributed by atoms with van der Waals surface area (Å²) in [7, 11) is 0. The summed E-state index contributed by atoms with van der Waals surface area (Å²) in [6, 6.07) is -0.827. The zero-order chi connectivity index (χ0) is 13.0. The Balaban J connectivity index is 2.01. The average molecular weight is 249 g/mol. The Morgan fingerprint density at radius 1 is 1.28 bits per heavy atom. The highest BCUT2D eigenvalue weighted by molar-refractivity contribution is 5.91. The van der Waals surface area contributed by atoms with Crippen LogP contribution in [0.2, 0.25) is 0 Å². The molecular formula is C13H15NO4. The summed E-state index contributed by atoms with van der Waals surface area (Å²) in [6.45, 7) is 0. The second kappa shape index (κ2) is 5.62. The number of hydrogen-bond acceptors (Lipinski definition) is 4. The molecule has 2 rings (SSSR count). The molecule has 5 heteroatoms. The van der Waals surface area contributed by atoms with Crippen LogP contribution in [-0.4, -0.2) is 23.0 Å².